The molecule has 2 aromatic rings. The maximum atomic E-state index is 12.8. The second-order valence-corrected chi connectivity index (χ2v) is 5.01. The maximum absolute atomic E-state index is 12.8. The van der Waals surface area contributed by atoms with Gasteiger partial charge in [0.05, 0.1) is 0 Å². The molecule has 0 N–H and O–H groups in total. The van der Waals surface area contributed by atoms with E-state index in [1.54, 1.807) is 24.3 Å². The Balaban J connectivity index is 0.000000970. The molecule has 1 atom stereocenters. The summed E-state index contributed by atoms with van der Waals surface area (Å²) in [5.74, 6) is -0.503. The molecule has 0 amide bonds. The quantitative estimate of drug-likeness (QED) is 0.446. The third kappa shape index (κ3) is 6.27. The summed E-state index contributed by atoms with van der Waals surface area (Å²) in [6.07, 6.45) is -3.18. The third-order valence-corrected chi connectivity index (χ3v) is 3.33. The van der Waals surface area contributed by atoms with E-state index in [2.05, 4.69) is 15.0 Å². The number of benzene rings is 1. The fourth-order valence-corrected chi connectivity index (χ4v) is 2.16. The lowest BCUT2D eigenvalue weighted by Crippen LogP contribution is -2.11. The monoisotopic (exact) mass is 370 g/mol. The summed E-state index contributed by atoms with van der Waals surface area (Å²) in [6.45, 7) is -0.000553. The standard InChI is InChI=1S/C14H10ClF3N4.CO2/c15-11-3-1-9(2-4-11)12(8-21-22-19)10-5-6-20-13(7-10)14(16,17)18;2-1-3/h1-7,12H,8H2;/t12-;/m0./s1. The Labute approximate surface area is 144 Å². The van der Waals surface area contributed by atoms with Gasteiger partial charge >= 0.3 is 12.3 Å². The van der Waals surface area contributed by atoms with E-state index in [9.17, 15) is 13.2 Å². The van der Waals surface area contributed by atoms with Crippen LogP contribution in [0.25, 0.3) is 10.4 Å². The Morgan fingerprint density at radius 3 is 2.32 bits per heavy atom. The smallest absolute Gasteiger partial charge is 0.252 e. The topological polar surface area (TPSA) is 95.8 Å². The van der Waals surface area contributed by atoms with E-state index in [-0.39, 0.29) is 12.7 Å². The lowest BCUT2D eigenvalue weighted by molar-refractivity contribution is -0.191. The zero-order valence-corrected chi connectivity index (χ0v) is 13.2. The number of aromatic nitrogens is 1. The lowest BCUT2D eigenvalue weighted by atomic mass is 9.91. The Kier molecular flexibility index (Phi) is 7.62. The molecule has 25 heavy (non-hydrogen) atoms. The molecular formula is C15H10ClF3N4O2. The molecular weight excluding hydrogens is 361 g/mol. The minimum Gasteiger partial charge on any atom is -0.252 e. The summed E-state index contributed by atoms with van der Waals surface area (Å²) in [7, 11) is 0. The summed E-state index contributed by atoms with van der Waals surface area (Å²) in [5.41, 5.74) is 8.58. The van der Waals surface area contributed by atoms with Gasteiger partial charge in [0.15, 0.2) is 0 Å². The van der Waals surface area contributed by atoms with Gasteiger partial charge < -0.3 is 0 Å². The molecule has 0 spiro atoms. The van der Waals surface area contributed by atoms with Crippen molar-refractivity contribution in [3.63, 3.8) is 0 Å². The summed E-state index contributed by atoms with van der Waals surface area (Å²) in [4.78, 5) is 22.3. The van der Waals surface area contributed by atoms with Gasteiger partial charge in [0.25, 0.3) is 0 Å². The molecule has 0 unspecified atom stereocenters. The van der Waals surface area contributed by atoms with Gasteiger partial charge in [0.1, 0.15) is 5.69 Å². The van der Waals surface area contributed by atoms with Crippen LogP contribution < -0.4 is 0 Å². The first-order chi connectivity index (χ1) is 11.8. The Bertz CT molecular complexity index is 784. The van der Waals surface area contributed by atoms with Crippen LogP contribution in [-0.4, -0.2) is 17.7 Å². The molecule has 0 saturated heterocycles. The van der Waals surface area contributed by atoms with Crippen LogP contribution in [0.1, 0.15) is 22.7 Å². The van der Waals surface area contributed by atoms with Crippen molar-refractivity contribution in [3.05, 3.63) is 74.9 Å². The van der Waals surface area contributed by atoms with Crippen molar-refractivity contribution in [1.82, 2.24) is 4.98 Å². The molecule has 0 bridgehead atoms. The average Bonchev–Trinajstić information content (AvgIpc) is 2.57. The maximum Gasteiger partial charge on any atom is 0.433 e. The normalized spacial score (nSPS) is 11.4. The molecule has 0 aliphatic rings. The van der Waals surface area contributed by atoms with Crippen LogP contribution in [0.3, 0.4) is 0 Å². The molecule has 0 fully saturated rings. The number of pyridine rings is 1. The molecule has 0 aliphatic heterocycles. The number of hydrogen-bond donors (Lipinski definition) is 0. The van der Waals surface area contributed by atoms with E-state index in [4.69, 9.17) is 26.7 Å². The number of rotatable bonds is 4. The van der Waals surface area contributed by atoms with Crippen LogP contribution in [0.15, 0.2) is 47.7 Å². The van der Waals surface area contributed by atoms with E-state index in [1.165, 1.54) is 6.07 Å². The number of hydrogen-bond acceptors (Lipinski definition) is 4. The summed E-state index contributed by atoms with van der Waals surface area (Å²) >= 11 is 5.81. The Morgan fingerprint density at radius 1 is 1.20 bits per heavy atom. The number of nitrogens with zero attached hydrogens (tertiary/aromatic N) is 4. The van der Waals surface area contributed by atoms with Gasteiger partial charge in [-0.1, -0.05) is 28.8 Å². The molecule has 2 rings (SSSR count). The third-order valence-electron chi connectivity index (χ3n) is 3.08. The van der Waals surface area contributed by atoms with Crippen molar-refractivity contribution < 1.29 is 22.8 Å². The minimum atomic E-state index is -4.53. The predicted molar refractivity (Wildman–Crippen MR) is 81.6 cm³/mol. The second kappa shape index (κ2) is 9.44. The molecule has 1 aromatic heterocycles. The van der Waals surface area contributed by atoms with Gasteiger partial charge in [0, 0.05) is 28.6 Å². The zero-order valence-electron chi connectivity index (χ0n) is 12.4. The molecule has 6 nitrogen and oxygen atoms in total. The number of halogens is 4. The molecule has 1 aromatic carbocycles. The largest absolute Gasteiger partial charge is 0.433 e. The fourth-order valence-electron chi connectivity index (χ4n) is 2.04. The minimum absolute atomic E-state index is 0.000553. The van der Waals surface area contributed by atoms with Gasteiger partial charge in [-0.3, -0.25) is 4.98 Å². The molecule has 0 radical (unpaired) electrons. The first-order valence-corrected chi connectivity index (χ1v) is 7.00. The van der Waals surface area contributed by atoms with Gasteiger partial charge in [-0.2, -0.15) is 22.8 Å². The first-order valence-electron chi connectivity index (χ1n) is 6.62. The zero-order chi connectivity index (χ0) is 18.9. The van der Waals surface area contributed by atoms with Crippen LogP contribution in [0.5, 0.6) is 0 Å². The molecule has 10 heteroatoms. The number of alkyl halides is 3. The van der Waals surface area contributed by atoms with Crippen LogP contribution in [0, 0.1) is 0 Å². The van der Waals surface area contributed by atoms with Crippen LogP contribution in [-0.2, 0) is 15.8 Å². The molecule has 1 heterocycles. The van der Waals surface area contributed by atoms with Crippen LogP contribution in [0.2, 0.25) is 5.02 Å². The van der Waals surface area contributed by atoms with Gasteiger partial charge in [-0.15, -0.1) is 0 Å². The molecule has 0 saturated carbocycles. The Morgan fingerprint density at radius 2 is 1.80 bits per heavy atom. The van der Waals surface area contributed by atoms with Crippen LogP contribution >= 0.6 is 11.6 Å². The van der Waals surface area contributed by atoms with Crippen molar-refractivity contribution in [2.75, 3.05) is 6.54 Å². The Hall–Kier alpha value is -2.86. The van der Waals surface area contributed by atoms with Crippen molar-refractivity contribution in [1.29, 1.82) is 0 Å². The van der Waals surface area contributed by atoms with Gasteiger partial charge in [-0.05, 0) is 40.9 Å². The van der Waals surface area contributed by atoms with Gasteiger partial charge in [0.2, 0.25) is 0 Å². The van der Waals surface area contributed by atoms with Crippen molar-refractivity contribution >= 4 is 17.8 Å². The first kappa shape index (κ1) is 20.2. The highest BCUT2D eigenvalue weighted by Gasteiger charge is 2.33. The SMILES string of the molecule is O=C=O.[N-]=[N+]=NC[C@@H](c1ccc(Cl)cc1)c1ccnc(C(F)(F)F)c1. The highest BCUT2D eigenvalue weighted by Crippen LogP contribution is 2.32. The van der Waals surface area contributed by atoms with E-state index < -0.39 is 17.8 Å². The fraction of sp³-hybridized carbons (Fsp3) is 0.200. The van der Waals surface area contributed by atoms with E-state index >= 15 is 0 Å². The van der Waals surface area contributed by atoms with Crippen molar-refractivity contribution in [3.8, 4) is 0 Å². The number of carbonyl (C=O) groups excluding carboxylic acids is 2. The van der Waals surface area contributed by atoms with E-state index in [1.807, 2.05) is 0 Å². The predicted octanol–water partition coefficient (Wildman–Crippen LogP) is 4.61. The van der Waals surface area contributed by atoms with Crippen molar-refractivity contribution in [2.24, 2.45) is 5.11 Å². The average molecular weight is 371 g/mol. The number of azide groups is 1. The molecule has 0 aliphatic carbocycles. The molecule has 130 valence electrons. The summed E-state index contributed by atoms with van der Waals surface area (Å²) in [5, 5.41) is 4.00. The van der Waals surface area contributed by atoms with E-state index in [0.29, 0.717) is 16.1 Å². The van der Waals surface area contributed by atoms with Gasteiger partial charge in [-0.25, -0.2) is 0 Å². The van der Waals surface area contributed by atoms with Crippen molar-refractivity contribution in [2.45, 2.75) is 12.1 Å². The van der Waals surface area contributed by atoms with Crippen LogP contribution in [0.4, 0.5) is 13.2 Å². The second-order valence-electron chi connectivity index (χ2n) is 4.57. The highest BCUT2D eigenvalue weighted by atomic mass is 35.5. The lowest BCUT2D eigenvalue weighted by Gasteiger charge is -2.17. The summed E-state index contributed by atoms with van der Waals surface area (Å²) in [6, 6.07) is 9.08. The highest BCUT2D eigenvalue weighted by molar-refractivity contribution is 6.30. The summed E-state index contributed by atoms with van der Waals surface area (Å²) < 4.78 is 38.3. The van der Waals surface area contributed by atoms with E-state index in [0.717, 1.165) is 12.3 Å².